The minimum atomic E-state index is -0.118. The molecule has 30 heavy (non-hydrogen) atoms. The molecule has 0 radical (unpaired) electrons. The Bertz CT molecular complexity index is 902. The van der Waals surface area contributed by atoms with E-state index in [1.165, 1.54) is 10.9 Å². The molecule has 0 unspecified atom stereocenters. The van der Waals surface area contributed by atoms with Gasteiger partial charge in [0, 0.05) is 37.0 Å². The molecule has 162 valence electrons. The van der Waals surface area contributed by atoms with E-state index in [1.807, 2.05) is 0 Å². The van der Waals surface area contributed by atoms with Crippen LogP contribution in [0, 0.1) is 24.2 Å². The number of piperidine rings is 1. The highest BCUT2D eigenvalue weighted by atomic mass is 16.3. The number of hydrogen-bond acceptors (Lipinski definition) is 4. The first-order valence-corrected chi connectivity index (χ1v) is 11.4. The molecule has 2 heterocycles. The molecule has 1 saturated heterocycles. The molecule has 0 spiro atoms. The SMILES string of the molecule is Cc1cccc2ccc(N3CC[C@H](C(=O)NC4CCC(CO)CC4)C(C)(C)C3)nc12. The van der Waals surface area contributed by atoms with Crippen molar-refractivity contribution in [1.29, 1.82) is 0 Å². The molecular formula is C25H35N3O2. The van der Waals surface area contributed by atoms with Crippen molar-refractivity contribution in [3.63, 3.8) is 0 Å². The lowest BCUT2D eigenvalue weighted by Gasteiger charge is -2.44. The average Bonchev–Trinajstić information content (AvgIpc) is 2.73. The molecular weight excluding hydrogens is 374 g/mol. The lowest BCUT2D eigenvalue weighted by molar-refractivity contribution is -0.130. The van der Waals surface area contributed by atoms with Crippen molar-refractivity contribution in [2.75, 3.05) is 24.6 Å². The Balaban J connectivity index is 1.42. The number of aliphatic hydroxyl groups excluding tert-OH is 1. The molecule has 2 aromatic rings. The molecule has 2 aliphatic rings. The maximum absolute atomic E-state index is 13.1. The number of anilines is 1. The van der Waals surface area contributed by atoms with Crippen LogP contribution in [0.1, 0.15) is 51.5 Å². The number of benzene rings is 1. The Labute approximate surface area is 179 Å². The van der Waals surface area contributed by atoms with Gasteiger partial charge in [0.15, 0.2) is 0 Å². The molecule has 1 aliphatic heterocycles. The summed E-state index contributed by atoms with van der Waals surface area (Å²) in [7, 11) is 0. The van der Waals surface area contributed by atoms with E-state index in [2.05, 4.69) is 61.3 Å². The third-order valence-corrected chi connectivity index (χ3v) is 7.23. The number of pyridine rings is 1. The first-order chi connectivity index (χ1) is 14.4. The van der Waals surface area contributed by atoms with Gasteiger partial charge in [0.25, 0.3) is 0 Å². The van der Waals surface area contributed by atoms with Crippen LogP contribution in [0.15, 0.2) is 30.3 Å². The zero-order chi connectivity index (χ0) is 21.3. The van der Waals surface area contributed by atoms with Gasteiger partial charge in [-0.2, -0.15) is 0 Å². The number of nitrogens with one attached hydrogen (secondary N) is 1. The zero-order valence-corrected chi connectivity index (χ0v) is 18.5. The van der Waals surface area contributed by atoms with E-state index in [-0.39, 0.29) is 29.9 Å². The van der Waals surface area contributed by atoms with E-state index in [9.17, 15) is 9.90 Å². The second kappa shape index (κ2) is 8.54. The Morgan fingerprint density at radius 3 is 2.63 bits per heavy atom. The summed E-state index contributed by atoms with van der Waals surface area (Å²) in [5, 5.41) is 13.8. The second-order valence-corrected chi connectivity index (χ2v) is 9.98. The second-order valence-electron chi connectivity index (χ2n) is 9.98. The van der Waals surface area contributed by atoms with E-state index in [4.69, 9.17) is 4.98 Å². The summed E-state index contributed by atoms with van der Waals surface area (Å²) in [6.07, 6.45) is 4.83. The largest absolute Gasteiger partial charge is 0.396 e. The normalized spacial score (nSPS) is 26.5. The van der Waals surface area contributed by atoms with Crippen LogP contribution in [0.25, 0.3) is 10.9 Å². The van der Waals surface area contributed by atoms with Crippen LogP contribution >= 0.6 is 0 Å². The summed E-state index contributed by atoms with van der Waals surface area (Å²) < 4.78 is 0. The van der Waals surface area contributed by atoms with Crippen LogP contribution in [0.4, 0.5) is 5.82 Å². The summed E-state index contributed by atoms with van der Waals surface area (Å²) >= 11 is 0. The lowest BCUT2D eigenvalue weighted by atomic mass is 9.73. The maximum atomic E-state index is 13.1. The number of carbonyl (C=O) groups excluding carboxylic acids is 1. The molecule has 2 fully saturated rings. The van der Waals surface area contributed by atoms with Gasteiger partial charge in [0.1, 0.15) is 5.82 Å². The first kappa shape index (κ1) is 21.1. The Morgan fingerprint density at radius 2 is 1.93 bits per heavy atom. The third-order valence-electron chi connectivity index (χ3n) is 7.23. The summed E-state index contributed by atoms with van der Waals surface area (Å²) in [6.45, 7) is 8.47. The van der Waals surface area contributed by atoms with E-state index < -0.39 is 0 Å². The van der Waals surface area contributed by atoms with Crippen LogP contribution in [-0.2, 0) is 4.79 Å². The standard InChI is InChI=1S/C25H35N3O2/c1-17-5-4-6-19-9-12-22(27-23(17)19)28-14-13-21(25(2,3)16-28)24(30)26-20-10-7-18(15-29)8-11-20/h4-6,9,12,18,20-21,29H,7-8,10-11,13-16H2,1-3H3,(H,26,30)/t18?,20?,21-/m1/s1. The summed E-state index contributed by atoms with van der Waals surface area (Å²) in [4.78, 5) is 20.4. The van der Waals surface area contributed by atoms with Crippen molar-refractivity contribution >= 4 is 22.6 Å². The molecule has 1 saturated carbocycles. The highest BCUT2D eigenvalue weighted by Crippen LogP contribution is 2.37. The highest BCUT2D eigenvalue weighted by Gasteiger charge is 2.41. The molecule has 1 aromatic carbocycles. The van der Waals surface area contributed by atoms with Crippen molar-refractivity contribution < 1.29 is 9.90 Å². The number of fused-ring (bicyclic) bond motifs is 1. The Hall–Kier alpha value is -2.14. The summed E-state index contributed by atoms with van der Waals surface area (Å²) in [5.41, 5.74) is 2.14. The minimum absolute atomic E-state index is 0.0199. The van der Waals surface area contributed by atoms with Gasteiger partial charge in [-0.15, -0.1) is 0 Å². The fourth-order valence-electron chi connectivity index (χ4n) is 5.29. The number of amides is 1. The van der Waals surface area contributed by atoms with E-state index in [0.29, 0.717) is 5.92 Å². The predicted molar refractivity (Wildman–Crippen MR) is 122 cm³/mol. The van der Waals surface area contributed by atoms with Gasteiger partial charge >= 0.3 is 0 Å². The van der Waals surface area contributed by atoms with Crippen LogP contribution in [-0.4, -0.2) is 41.7 Å². The number of aryl methyl sites for hydroxylation is 1. The number of aliphatic hydroxyl groups is 1. The monoisotopic (exact) mass is 409 g/mol. The molecule has 5 heteroatoms. The van der Waals surface area contributed by atoms with Gasteiger partial charge in [-0.25, -0.2) is 4.98 Å². The number of para-hydroxylation sites is 1. The van der Waals surface area contributed by atoms with Crippen molar-refractivity contribution in [3.05, 3.63) is 35.9 Å². The molecule has 1 amide bonds. The van der Waals surface area contributed by atoms with Crippen molar-refractivity contribution in [2.45, 2.75) is 58.9 Å². The molecule has 5 nitrogen and oxygen atoms in total. The fraction of sp³-hybridized carbons (Fsp3) is 0.600. The van der Waals surface area contributed by atoms with Gasteiger partial charge in [0.05, 0.1) is 5.52 Å². The topological polar surface area (TPSA) is 65.5 Å². The smallest absolute Gasteiger partial charge is 0.224 e. The number of carbonyl (C=O) groups is 1. The van der Waals surface area contributed by atoms with Crippen molar-refractivity contribution in [1.82, 2.24) is 10.3 Å². The highest BCUT2D eigenvalue weighted by molar-refractivity contribution is 5.83. The summed E-state index contributed by atoms with van der Waals surface area (Å²) in [6, 6.07) is 10.8. The number of rotatable bonds is 4. The fourth-order valence-corrected chi connectivity index (χ4v) is 5.29. The lowest BCUT2D eigenvalue weighted by Crippen LogP contribution is -2.53. The van der Waals surface area contributed by atoms with E-state index in [1.54, 1.807) is 0 Å². The molecule has 1 aliphatic carbocycles. The molecule has 1 atom stereocenters. The third kappa shape index (κ3) is 4.31. The maximum Gasteiger partial charge on any atom is 0.224 e. The van der Waals surface area contributed by atoms with Crippen LogP contribution in [0.2, 0.25) is 0 Å². The quantitative estimate of drug-likeness (QED) is 0.799. The van der Waals surface area contributed by atoms with Gasteiger partial charge in [0.2, 0.25) is 5.91 Å². The molecule has 4 rings (SSSR count). The summed E-state index contributed by atoms with van der Waals surface area (Å²) in [5.74, 6) is 1.64. The number of aromatic nitrogens is 1. The van der Waals surface area contributed by atoms with Gasteiger partial charge < -0.3 is 15.3 Å². The van der Waals surface area contributed by atoms with Gasteiger partial charge in [-0.05, 0) is 68.1 Å². The molecule has 1 aromatic heterocycles. The Kier molecular flexibility index (Phi) is 6.01. The number of nitrogens with zero attached hydrogens (tertiary/aromatic N) is 2. The molecule has 0 bridgehead atoms. The van der Waals surface area contributed by atoms with E-state index >= 15 is 0 Å². The van der Waals surface area contributed by atoms with Crippen molar-refractivity contribution in [2.24, 2.45) is 17.3 Å². The zero-order valence-electron chi connectivity index (χ0n) is 18.5. The van der Waals surface area contributed by atoms with E-state index in [0.717, 1.165) is 56.5 Å². The Morgan fingerprint density at radius 1 is 1.17 bits per heavy atom. The van der Waals surface area contributed by atoms with Crippen LogP contribution in [0.3, 0.4) is 0 Å². The number of hydrogen-bond donors (Lipinski definition) is 2. The van der Waals surface area contributed by atoms with Crippen molar-refractivity contribution in [3.8, 4) is 0 Å². The predicted octanol–water partition coefficient (Wildman–Crippen LogP) is 4.06. The average molecular weight is 410 g/mol. The first-order valence-electron chi connectivity index (χ1n) is 11.4. The van der Waals surface area contributed by atoms with Gasteiger partial charge in [-0.1, -0.05) is 32.0 Å². The van der Waals surface area contributed by atoms with Gasteiger partial charge in [-0.3, -0.25) is 4.79 Å². The minimum Gasteiger partial charge on any atom is -0.396 e. The van der Waals surface area contributed by atoms with Crippen LogP contribution in [0.5, 0.6) is 0 Å². The van der Waals surface area contributed by atoms with Crippen LogP contribution < -0.4 is 10.2 Å². The molecule has 2 N–H and O–H groups in total.